The summed E-state index contributed by atoms with van der Waals surface area (Å²) in [6.07, 6.45) is 3.63. The number of benzene rings is 1. The van der Waals surface area contributed by atoms with E-state index in [1.807, 2.05) is 30.3 Å². The zero-order valence-electron chi connectivity index (χ0n) is 8.74. The van der Waals surface area contributed by atoms with Crippen LogP contribution < -0.4 is 0 Å². The highest BCUT2D eigenvalue weighted by molar-refractivity contribution is 9.10. The summed E-state index contributed by atoms with van der Waals surface area (Å²) in [5.74, 6) is 0. The van der Waals surface area contributed by atoms with Crippen molar-refractivity contribution in [3.8, 4) is 0 Å². The number of hydrogen-bond donors (Lipinski definition) is 0. The third kappa shape index (κ3) is 3.88. The molecular formula is C12H14BrNO. The summed E-state index contributed by atoms with van der Waals surface area (Å²) in [5, 5.41) is 4.02. The van der Waals surface area contributed by atoms with Gasteiger partial charge in [0.1, 0.15) is 7.11 Å². The average molecular weight is 268 g/mol. The molecule has 0 aromatic heterocycles. The summed E-state index contributed by atoms with van der Waals surface area (Å²) in [4.78, 5) is 4.83. The second-order valence-electron chi connectivity index (χ2n) is 3.05. The van der Waals surface area contributed by atoms with Crippen LogP contribution in [0.1, 0.15) is 18.4 Å². The standard InChI is InChI=1S/C12H14BrNO/c1-3-4-5-12(14-15-2)10-6-8-11(13)9-7-10/h3,6-9H,1,4-5H2,2H3. The summed E-state index contributed by atoms with van der Waals surface area (Å²) >= 11 is 3.40. The molecule has 0 saturated carbocycles. The van der Waals surface area contributed by atoms with E-state index in [4.69, 9.17) is 4.84 Å². The number of rotatable bonds is 5. The molecule has 0 atom stereocenters. The predicted molar refractivity (Wildman–Crippen MR) is 67.1 cm³/mol. The Morgan fingerprint density at radius 2 is 2.13 bits per heavy atom. The van der Waals surface area contributed by atoms with Crippen LogP contribution in [0, 0.1) is 0 Å². The molecule has 1 aromatic rings. The highest BCUT2D eigenvalue weighted by atomic mass is 79.9. The fraction of sp³-hybridized carbons (Fsp3) is 0.250. The van der Waals surface area contributed by atoms with Crippen LogP contribution in [-0.2, 0) is 4.84 Å². The largest absolute Gasteiger partial charge is 0.399 e. The molecule has 0 saturated heterocycles. The topological polar surface area (TPSA) is 21.6 Å². The molecule has 15 heavy (non-hydrogen) atoms. The highest BCUT2D eigenvalue weighted by Gasteiger charge is 2.03. The lowest BCUT2D eigenvalue weighted by molar-refractivity contribution is 0.213. The number of allylic oxidation sites excluding steroid dienone is 1. The second kappa shape index (κ2) is 6.40. The van der Waals surface area contributed by atoms with E-state index in [1.54, 1.807) is 7.11 Å². The molecule has 0 spiro atoms. The molecule has 0 aliphatic carbocycles. The Kier molecular flexibility index (Phi) is 5.12. The third-order valence-electron chi connectivity index (χ3n) is 1.96. The van der Waals surface area contributed by atoms with Crippen LogP contribution in [0.2, 0.25) is 0 Å². The fourth-order valence-electron chi connectivity index (χ4n) is 1.23. The third-order valence-corrected chi connectivity index (χ3v) is 2.49. The SMILES string of the molecule is C=CCCC(=NOC)c1ccc(Br)cc1. The van der Waals surface area contributed by atoms with Gasteiger partial charge in [0.05, 0.1) is 5.71 Å². The Bertz CT molecular complexity index is 343. The van der Waals surface area contributed by atoms with Crippen LogP contribution >= 0.6 is 15.9 Å². The summed E-state index contributed by atoms with van der Waals surface area (Å²) in [5.41, 5.74) is 2.03. The van der Waals surface area contributed by atoms with Gasteiger partial charge in [0.25, 0.3) is 0 Å². The van der Waals surface area contributed by atoms with Crippen LogP contribution in [0.3, 0.4) is 0 Å². The Morgan fingerprint density at radius 1 is 1.47 bits per heavy atom. The second-order valence-corrected chi connectivity index (χ2v) is 3.97. The van der Waals surface area contributed by atoms with Crippen molar-refractivity contribution >= 4 is 21.6 Å². The number of halogens is 1. The molecule has 0 radical (unpaired) electrons. The van der Waals surface area contributed by atoms with Crippen molar-refractivity contribution in [2.24, 2.45) is 5.16 Å². The van der Waals surface area contributed by atoms with Crippen molar-refractivity contribution < 1.29 is 4.84 Å². The molecule has 0 amide bonds. The minimum Gasteiger partial charge on any atom is -0.399 e. The first-order chi connectivity index (χ1) is 7.27. The van der Waals surface area contributed by atoms with Gasteiger partial charge in [-0.2, -0.15) is 0 Å². The Labute approximate surface area is 98.8 Å². The minimum atomic E-state index is 0.846. The molecule has 0 unspecified atom stereocenters. The number of oxime groups is 1. The van der Waals surface area contributed by atoms with Crippen LogP contribution in [0.15, 0.2) is 46.5 Å². The molecule has 1 aromatic carbocycles. The van der Waals surface area contributed by atoms with Gasteiger partial charge >= 0.3 is 0 Å². The minimum absolute atomic E-state index is 0.846. The molecule has 80 valence electrons. The lowest BCUT2D eigenvalue weighted by Gasteiger charge is -2.04. The summed E-state index contributed by atoms with van der Waals surface area (Å²) in [6, 6.07) is 8.03. The van der Waals surface area contributed by atoms with E-state index in [0.717, 1.165) is 28.6 Å². The lowest BCUT2D eigenvalue weighted by atomic mass is 10.1. The Hall–Kier alpha value is -1.09. The van der Waals surface area contributed by atoms with E-state index in [9.17, 15) is 0 Å². The van der Waals surface area contributed by atoms with Gasteiger partial charge in [-0.25, -0.2) is 0 Å². The van der Waals surface area contributed by atoms with E-state index in [0.29, 0.717) is 0 Å². The van der Waals surface area contributed by atoms with Gasteiger partial charge in [-0.05, 0) is 30.5 Å². The van der Waals surface area contributed by atoms with Gasteiger partial charge in [-0.15, -0.1) is 6.58 Å². The molecule has 3 heteroatoms. The molecule has 0 aliphatic heterocycles. The summed E-state index contributed by atoms with van der Waals surface area (Å²) in [7, 11) is 1.56. The van der Waals surface area contributed by atoms with Crippen LogP contribution in [-0.4, -0.2) is 12.8 Å². The monoisotopic (exact) mass is 267 g/mol. The van der Waals surface area contributed by atoms with Gasteiger partial charge in [-0.3, -0.25) is 0 Å². The van der Waals surface area contributed by atoms with Crippen molar-refractivity contribution in [2.75, 3.05) is 7.11 Å². The molecule has 0 bridgehead atoms. The van der Waals surface area contributed by atoms with Crippen LogP contribution in [0.25, 0.3) is 0 Å². The van der Waals surface area contributed by atoms with Crippen molar-refractivity contribution in [3.63, 3.8) is 0 Å². The Morgan fingerprint density at radius 3 is 2.67 bits per heavy atom. The maximum Gasteiger partial charge on any atom is 0.106 e. The van der Waals surface area contributed by atoms with Crippen molar-refractivity contribution in [1.82, 2.24) is 0 Å². The zero-order chi connectivity index (χ0) is 11.1. The van der Waals surface area contributed by atoms with E-state index in [1.165, 1.54) is 0 Å². The molecule has 2 nitrogen and oxygen atoms in total. The van der Waals surface area contributed by atoms with Gasteiger partial charge in [0.2, 0.25) is 0 Å². The van der Waals surface area contributed by atoms with Gasteiger partial charge < -0.3 is 4.84 Å². The first kappa shape index (κ1) is 12.0. The molecule has 0 aliphatic rings. The van der Waals surface area contributed by atoms with E-state index < -0.39 is 0 Å². The van der Waals surface area contributed by atoms with Crippen LogP contribution in [0.4, 0.5) is 0 Å². The lowest BCUT2D eigenvalue weighted by Crippen LogP contribution is -2.00. The molecule has 0 fully saturated rings. The first-order valence-electron chi connectivity index (χ1n) is 4.74. The van der Waals surface area contributed by atoms with Gasteiger partial charge in [0, 0.05) is 4.47 Å². The van der Waals surface area contributed by atoms with Crippen molar-refractivity contribution in [2.45, 2.75) is 12.8 Å². The van der Waals surface area contributed by atoms with Gasteiger partial charge in [0.15, 0.2) is 0 Å². The van der Waals surface area contributed by atoms with Crippen molar-refractivity contribution in [3.05, 3.63) is 47.0 Å². The maximum atomic E-state index is 4.83. The average Bonchev–Trinajstić information content (AvgIpc) is 2.25. The quantitative estimate of drug-likeness (QED) is 0.452. The van der Waals surface area contributed by atoms with Gasteiger partial charge in [-0.1, -0.05) is 39.3 Å². The van der Waals surface area contributed by atoms with E-state index >= 15 is 0 Å². The highest BCUT2D eigenvalue weighted by Crippen LogP contribution is 2.13. The Balaban J connectivity index is 2.84. The van der Waals surface area contributed by atoms with E-state index in [-0.39, 0.29) is 0 Å². The molecule has 0 N–H and O–H groups in total. The van der Waals surface area contributed by atoms with Crippen LogP contribution in [0.5, 0.6) is 0 Å². The maximum absolute atomic E-state index is 4.83. The smallest absolute Gasteiger partial charge is 0.106 e. The summed E-state index contributed by atoms with van der Waals surface area (Å²) < 4.78 is 1.06. The first-order valence-corrected chi connectivity index (χ1v) is 5.54. The van der Waals surface area contributed by atoms with Crippen molar-refractivity contribution in [1.29, 1.82) is 0 Å². The predicted octanol–water partition coefficient (Wildman–Crippen LogP) is 3.77. The summed E-state index contributed by atoms with van der Waals surface area (Å²) in [6.45, 7) is 3.70. The normalized spacial score (nSPS) is 11.2. The number of hydrogen-bond acceptors (Lipinski definition) is 2. The van der Waals surface area contributed by atoms with E-state index in [2.05, 4.69) is 27.7 Å². The fourth-order valence-corrected chi connectivity index (χ4v) is 1.50. The zero-order valence-corrected chi connectivity index (χ0v) is 10.3. The molecule has 1 rings (SSSR count). The molecular weight excluding hydrogens is 254 g/mol. The number of nitrogens with zero attached hydrogens (tertiary/aromatic N) is 1. The molecule has 0 heterocycles.